The molecule has 1 aromatic carbocycles. The highest BCUT2D eigenvalue weighted by Crippen LogP contribution is 2.19. The molecule has 6 heteroatoms. The highest BCUT2D eigenvalue weighted by atomic mass is 79.9. The predicted molar refractivity (Wildman–Crippen MR) is 73.2 cm³/mol. The lowest BCUT2D eigenvalue weighted by Gasteiger charge is -2.06. The molecular weight excluding hydrogens is 313 g/mol. The van der Waals surface area contributed by atoms with Gasteiger partial charge in [0, 0.05) is 11.9 Å². The van der Waals surface area contributed by atoms with Crippen LogP contribution in [0.4, 0.5) is 10.3 Å². The summed E-state index contributed by atoms with van der Waals surface area (Å²) in [6, 6.07) is 6.56. The van der Waals surface area contributed by atoms with Crippen molar-refractivity contribution in [3.63, 3.8) is 0 Å². The summed E-state index contributed by atoms with van der Waals surface area (Å²) in [5, 5.41) is 2.53. The van der Waals surface area contributed by atoms with E-state index in [0.717, 1.165) is 5.69 Å². The number of anilines is 1. The van der Waals surface area contributed by atoms with Crippen LogP contribution >= 0.6 is 15.9 Å². The van der Waals surface area contributed by atoms with Crippen molar-refractivity contribution >= 4 is 27.8 Å². The fourth-order valence-corrected chi connectivity index (χ4v) is 1.94. The second kappa shape index (κ2) is 5.88. The second-order valence-electron chi connectivity index (χ2n) is 3.96. The third-order valence-electron chi connectivity index (χ3n) is 2.43. The van der Waals surface area contributed by atoms with Gasteiger partial charge >= 0.3 is 0 Å². The highest BCUT2D eigenvalue weighted by Gasteiger charge is 2.11. The first kappa shape index (κ1) is 13.6. The van der Waals surface area contributed by atoms with Crippen molar-refractivity contribution in [1.29, 1.82) is 0 Å². The van der Waals surface area contributed by atoms with Crippen molar-refractivity contribution in [3.05, 3.63) is 52.0 Å². The van der Waals surface area contributed by atoms with E-state index in [4.69, 9.17) is 0 Å². The Labute approximate surface area is 118 Å². The van der Waals surface area contributed by atoms with E-state index >= 15 is 0 Å². The summed E-state index contributed by atoms with van der Waals surface area (Å²) in [7, 11) is 0. The maximum atomic E-state index is 13.7. The molecule has 19 heavy (non-hydrogen) atoms. The van der Waals surface area contributed by atoms with Crippen molar-refractivity contribution in [2.75, 3.05) is 5.32 Å². The van der Waals surface area contributed by atoms with Crippen LogP contribution in [0.3, 0.4) is 0 Å². The van der Waals surface area contributed by atoms with Crippen LogP contribution in [-0.4, -0.2) is 15.9 Å². The number of aromatic nitrogens is 2. The molecule has 0 atom stereocenters. The SMILES string of the molecule is Cc1ccnc(NC(=O)Cc2cccc(Br)c2F)n1. The van der Waals surface area contributed by atoms with E-state index in [1.54, 1.807) is 37.4 Å². The van der Waals surface area contributed by atoms with Crippen LogP contribution in [0.25, 0.3) is 0 Å². The van der Waals surface area contributed by atoms with Crippen molar-refractivity contribution in [2.24, 2.45) is 0 Å². The summed E-state index contributed by atoms with van der Waals surface area (Å²) >= 11 is 3.08. The first-order chi connectivity index (χ1) is 9.06. The van der Waals surface area contributed by atoms with Gasteiger partial charge in [0.15, 0.2) is 0 Å². The van der Waals surface area contributed by atoms with Crippen molar-refractivity contribution < 1.29 is 9.18 Å². The lowest BCUT2D eigenvalue weighted by molar-refractivity contribution is -0.115. The first-order valence-electron chi connectivity index (χ1n) is 5.58. The van der Waals surface area contributed by atoms with Crippen LogP contribution in [0.15, 0.2) is 34.9 Å². The average molecular weight is 324 g/mol. The molecule has 1 heterocycles. The number of rotatable bonds is 3. The second-order valence-corrected chi connectivity index (χ2v) is 4.81. The topological polar surface area (TPSA) is 54.9 Å². The molecule has 0 aliphatic heterocycles. The number of hydrogen-bond acceptors (Lipinski definition) is 3. The van der Waals surface area contributed by atoms with Gasteiger partial charge in [0.1, 0.15) is 5.82 Å². The van der Waals surface area contributed by atoms with Gasteiger partial charge in [-0.05, 0) is 40.5 Å². The zero-order valence-corrected chi connectivity index (χ0v) is 11.7. The quantitative estimate of drug-likeness (QED) is 0.944. The molecule has 2 aromatic rings. The number of halogens is 2. The number of aryl methyl sites for hydroxylation is 1. The van der Waals surface area contributed by atoms with Crippen LogP contribution in [0, 0.1) is 12.7 Å². The number of nitrogens with zero attached hydrogens (tertiary/aromatic N) is 2. The highest BCUT2D eigenvalue weighted by molar-refractivity contribution is 9.10. The Balaban J connectivity index is 2.08. The van der Waals surface area contributed by atoms with E-state index in [1.165, 1.54) is 0 Å². The standard InChI is InChI=1S/C13H11BrFN3O/c1-8-5-6-16-13(17-8)18-11(19)7-9-3-2-4-10(14)12(9)15/h2-6H,7H2,1H3,(H,16,17,18,19). The van der Waals surface area contributed by atoms with E-state index in [2.05, 4.69) is 31.2 Å². The van der Waals surface area contributed by atoms with Gasteiger partial charge in [0.2, 0.25) is 11.9 Å². The lowest BCUT2D eigenvalue weighted by atomic mass is 10.1. The maximum Gasteiger partial charge on any atom is 0.231 e. The summed E-state index contributed by atoms with van der Waals surface area (Å²) < 4.78 is 14.0. The molecule has 98 valence electrons. The molecule has 1 N–H and O–H groups in total. The Bertz CT molecular complexity index is 619. The summed E-state index contributed by atoms with van der Waals surface area (Å²) in [6.45, 7) is 1.80. The van der Waals surface area contributed by atoms with E-state index in [-0.39, 0.29) is 18.3 Å². The van der Waals surface area contributed by atoms with Gasteiger partial charge in [0.05, 0.1) is 10.9 Å². The summed E-state index contributed by atoms with van der Waals surface area (Å²) in [5.74, 6) is -0.564. The van der Waals surface area contributed by atoms with Gasteiger partial charge in [-0.3, -0.25) is 10.1 Å². The maximum absolute atomic E-state index is 13.7. The van der Waals surface area contributed by atoms with Gasteiger partial charge < -0.3 is 0 Å². The smallest absolute Gasteiger partial charge is 0.231 e. The Kier molecular flexibility index (Phi) is 4.21. The third kappa shape index (κ3) is 3.57. The molecule has 0 bridgehead atoms. The Morgan fingerprint density at radius 2 is 2.21 bits per heavy atom. The zero-order valence-electron chi connectivity index (χ0n) is 10.2. The van der Waals surface area contributed by atoms with Crippen LogP contribution in [0.1, 0.15) is 11.3 Å². The number of carbonyl (C=O) groups excluding carboxylic acids is 1. The third-order valence-corrected chi connectivity index (χ3v) is 3.04. The van der Waals surface area contributed by atoms with Crippen LogP contribution < -0.4 is 5.32 Å². The molecule has 0 saturated carbocycles. The fourth-order valence-electron chi connectivity index (χ4n) is 1.54. The van der Waals surface area contributed by atoms with Crippen LogP contribution in [0.5, 0.6) is 0 Å². The van der Waals surface area contributed by atoms with Gasteiger partial charge in [0.25, 0.3) is 0 Å². The first-order valence-corrected chi connectivity index (χ1v) is 6.38. The molecule has 1 amide bonds. The van der Waals surface area contributed by atoms with Crippen molar-refractivity contribution in [3.8, 4) is 0 Å². The van der Waals surface area contributed by atoms with Crippen LogP contribution in [0.2, 0.25) is 0 Å². The van der Waals surface area contributed by atoms with E-state index < -0.39 is 5.82 Å². The minimum Gasteiger partial charge on any atom is -0.294 e. The van der Waals surface area contributed by atoms with Crippen molar-refractivity contribution in [2.45, 2.75) is 13.3 Å². The molecule has 0 fully saturated rings. The number of benzene rings is 1. The monoisotopic (exact) mass is 323 g/mol. The normalized spacial score (nSPS) is 10.3. The molecule has 0 spiro atoms. The lowest BCUT2D eigenvalue weighted by Crippen LogP contribution is -2.17. The Morgan fingerprint density at radius 3 is 2.95 bits per heavy atom. The van der Waals surface area contributed by atoms with Crippen LogP contribution in [-0.2, 0) is 11.2 Å². The number of nitrogens with one attached hydrogen (secondary N) is 1. The number of carbonyl (C=O) groups is 1. The zero-order chi connectivity index (χ0) is 13.8. The van der Waals surface area contributed by atoms with Crippen molar-refractivity contribution in [1.82, 2.24) is 9.97 Å². The van der Waals surface area contributed by atoms with Gasteiger partial charge in [-0.25, -0.2) is 14.4 Å². The van der Waals surface area contributed by atoms with E-state index in [9.17, 15) is 9.18 Å². The summed E-state index contributed by atoms with van der Waals surface area (Å²) in [5.41, 5.74) is 1.07. The molecule has 0 saturated heterocycles. The molecule has 0 unspecified atom stereocenters. The number of amides is 1. The summed E-state index contributed by atoms with van der Waals surface area (Å²) in [4.78, 5) is 19.7. The largest absolute Gasteiger partial charge is 0.294 e. The Hall–Kier alpha value is -1.82. The minimum atomic E-state index is -0.428. The Morgan fingerprint density at radius 1 is 1.42 bits per heavy atom. The average Bonchev–Trinajstić information content (AvgIpc) is 2.35. The molecule has 4 nitrogen and oxygen atoms in total. The molecule has 2 rings (SSSR count). The number of hydrogen-bond donors (Lipinski definition) is 1. The molecule has 1 aromatic heterocycles. The fraction of sp³-hybridized carbons (Fsp3) is 0.154. The molecular formula is C13H11BrFN3O. The van der Waals surface area contributed by atoms with Gasteiger partial charge in [-0.2, -0.15) is 0 Å². The minimum absolute atomic E-state index is 0.0669. The molecule has 0 radical (unpaired) electrons. The summed E-state index contributed by atoms with van der Waals surface area (Å²) in [6.07, 6.45) is 1.49. The molecule has 0 aliphatic carbocycles. The molecule has 0 aliphatic rings. The van der Waals surface area contributed by atoms with E-state index in [1.807, 2.05) is 0 Å². The predicted octanol–water partition coefficient (Wildman–Crippen LogP) is 2.87. The van der Waals surface area contributed by atoms with Gasteiger partial charge in [-0.15, -0.1) is 0 Å². The van der Waals surface area contributed by atoms with Gasteiger partial charge in [-0.1, -0.05) is 12.1 Å². The van der Waals surface area contributed by atoms with E-state index in [0.29, 0.717) is 10.0 Å².